The lowest BCUT2D eigenvalue weighted by molar-refractivity contribution is -0.121. The second-order valence-electron chi connectivity index (χ2n) is 7.47. The fourth-order valence-corrected chi connectivity index (χ4v) is 4.25. The number of ether oxygens (including phenoxy) is 1. The molecular formula is C23H23BrN2O4. The van der Waals surface area contributed by atoms with E-state index in [0.717, 1.165) is 41.4 Å². The van der Waals surface area contributed by atoms with Gasteiger partial charge in [-0.1, -0.05) is 28.1 Å². The predicted octanol–water partition coefficient (Wildman–Crippen LogP) is 4.41. The highest BCUT2D eigenvalue weighted by Crippen LogP contribution is 2.27. The number of piperidine rings is 1. The zero-order chi connectivity index (χ0) is 21.1. The lowest BCUT2D eigenvalue weighted by Crippen LogP contribution is -2.38. The molecule has 156 valence electrons. The Hall–Kier alpha value is -2.64. The predicted molar refractivity (Wildman–Crippen MR) is 120 cm³/mol. The number of hydrogen-bond donors (Lipinski definition) is 1. The summed E-state index contributed by atoms with van der Waals surface area (Å²) in [5.41, 5.74) is 1.88. The van der Waals surface area contributed by atoms with Gasteiger partial charge in [0.05, 0.1) is 12.8 Å². The molecule has 1 aromatic heterocycles. The number of likely N-dealkylation sites (tertiary alicyclic amines) is 1. The molecule has 3 aromatic rings. The Morgan fingerprint density at radius 2 is 1.97 bits per heavy atom. The summed E-state index contributed by atoms with van der Waals surface area (Å²) in [5.74, 6) is 0.638. The van der Waals surface area contributed by atoms with E-state index in [-0.39, 0.29) is 17.5 Å². The molecular weight excluding hydrogens is 448 g/mol. The monoisotopic (exact) mass is 470 g/mol. The number of nitrogens with one attached hydrogen (secondary N) is 1. The van der Waals surface area contributed by atoms with Crippen LogP contribution in [0, 0.1) is 5.92 Å². The molecule has 1 aliphatic rings. The van der Waals surface area contributed by atoms with Gasteiger partial charge in [0, 0.05) is 28.4 Å². The number of halogens is 1. The van der Waals surface area contributed by atoms with Crippen molar-refractivity contribution in [1.82, 2.24) is 4.90 Å². The number of fused-ring (bicyclic) bond motifs is 1. The summed E-state index contributed by atoms with van der Waals surface area (Å²) in [6.07, 6.45) is 1.54. The molecule has 1 saturated heterocycles. The molecule has 1 aliphatic heterocycles. The minimum Gasteiger partial charge on any atom is -0.495 e. The Labute approximate surface area is 183 Å². The quantitative estimate of drug-likeness (QED) is 0.558. The van der Waals surface area contributed by atoms with Crippen LogP contribution in [0.25, 0.3) is 11.0 Å². The van der Waals surface area contributed by atoms with Crippen LogP contribution in [0.1, 0.15) is 18.4 Å². The van der Waals surface area contributed by atoms with Gasteiger partial charge in [-0.25, -0.2) is 4.79 Å². The van der Waals surface area contributed by atoms with Gasteiger partial charge < -0.3 is 14.5 Å². The number of anilines is 1. The average Bonchev–Trinajstić information content (AvgIpc) is 2.74. The van der Waals surface area contributed by atoms with Crippen molar-refractivity contribution in [2.24, 2.45) is 5.92 Å². The highest BCUT2D eigenvalue weighted by molar-refractivity contribution is 9.10. The van der Waals surface area contributed by atoms with E-state index in [9.17, 15) is 9.59 Å². The van der Waals surface area contributed by atoms with Crippen LogP contribution in [0.5, 0.6) is 5.75 Å². The summed E-state index contributed by atoms with van der Waals surface area (Å²) in [6, 6.07) is 14.7. The number of nitrogens with zero attached hydrogens (tertiary/aromatic N) is 1. The van der Waals surface area contributed by atoms with Crippen molar-refractivity contribution in [1.29, 1.82) is 0 Å². The summed E-state index contributed by atoms with van der Waals surface area (Å²) in [7, 11) is 1.59. The molecule has 0 aliphatic carbocycles. The Morgan fingerprint density at radius 1 is 1.20 bits per heavy atom. The molecule has 0 unspecified atom stereocenters. The van der Waals surface area contributed by atoms with Gasteiger partial charge in [0.25, 0.3) is 0 Å². The molecule has 7 heteroatoms. The molecule has 0 atom stereocenters. The van der Waals surface area contributed by atoms with E-state index in [4.69, 9.17) is 9.15 Å². The molecule has 0 bridgehead atoms. The smallest absolute Gasteiger partial charge is 0.336 e. The van der Waals surface area contributed by atoms with E-state index in [1.165, 1.54) is 0 Å². The van der Waals surface area contributed by atoms with Gasteiger partial charge in [0.1, 0.15) is 11.3 Å². The zero-order valence-electron chi connectivity index (χ0n) is 16.7. The lowest BCUT2D eigenvalue weighted by atomic mass is 9.95. The van der Waals surface area contributed by atoms with Crippen molar-refractivity contribution in [3.05, 3.63) is 69.0 Å². The zero-order valence-corrected chi connectivity index (χ0v) is 18.3. The number of benzene rings is 2. The Kier molecular flexibility index (Phi) is 6.20. The standard InChI is InChI=1S/C23H23BrN2O4/c1-29-20-5-3-2-4-19(20)25-23(28)15-8-10-26(11-9-15)14-16-12-22(27)30-21-13-17(24)6-7-18(16)21/h2-7,12-13,15H,8-11,14H2,1H3,(H,25,28). The highest BCUT2D eigenvalue weighted by atomic mass is 79.9. The van der Waals surface area contributed by atoms with Crippen LogP contribution in [0.4, 0.5) is 5.69 Å². The summed E-state index contributed by atoms with van der Waals surface area (Å²) >= 11 is 3.41. The van der Waals surface area contributed by atoms with Gasteiger partial charge in [-0.2, -0.15) is 0 Å². The molecule has 30 heavy (non-hydrogen) atoms. The fraction of sp³-hybridized carbons (Fsp3) is 0.304. The lowest BCUT2D eigenvalue weighted by Gasteiger charge is -2.31. The average molecular weight is 471 g/mol. The number of carbonyl (C=O) groups excluding carboxylic acids is 1. The molecule has 6 nitrogen and oxygen atoms in total. The molecule has 0 saturated carbocycles. The maximum Gasteiger partial charge on any atom is 0.336 e. The van der Waals surface area contributed by atoms with Crippen LogP contribution >= 0.6 is 15.9 Å². The Bertz CT molecular complexity index is 1120. The van der Waals surface area contributed by atoms with Crippen molar-refractivity contribution in [3.63, 3.8) is 0 Å². The summed E-state index contributed by atoms with van der Waals surface area (Å²) in [5, 5.41) is 3.93. The van der Waals surface area contributed by atoms with Crippen molar-refractivity contribution in [3.8, 4) is 5.75 Å². The second-order valence-corrected chi connectivity index (χ2v) is 8.39. The van der Waals surface area contributed by atoms with Crippen molar-refractivity contribution in [2.75, 3.05) is 25.5 Å². The van der Waals surface area contributed by atoms with E-state index in [1.807, 2.05) is 42.5 Å². The fourth-order valence-electron chi connectivity index (χ4n) is 3.91. The van der Waals surface area contributed by atoms with Crippen molar-refractivity contribution >= 4 is 38.5 Å². The molecule has 1 N–H and O–H groups in total. The maximum atomic E-state index is 12.7. The Morgan fingerprint density at radius 3 is 2.73 bits per heavy atom. The SMILES string of the molecule is COc1ccccc1NC(=O)C1CCN(Cc2cc(=O)oc3cc(Br)ccc23)CC1. The minimum absolute atomic E-state index is 0.0230. The third kappa shape index (κ3) is 4.57. The largest absolute Gasteiger partial charge is 0.495 e. The van der Waals surface area contributed by atoms with Crippen LogP contribution in [-0.2, 0) is 11.3 Å². The third-order valence-corrected chi connectivity index (χ3v) is 6.00. The number of rotatable bonds is 5. The van der Waals surface area contributed by atoms with Crippen LogP contribution < -0.4 is 15.7 Å². The molecule has 0 spiro atoms. The number of amides is 1. The maximum absolute atomic E-state index is 12.7. The van der Waals surface area contributed by atoms with Crippen molar-refractivity contribution < 1.29 is 13.9 Å². The minimum atomic E-state index is -0.346. The first-order chi connectivity index (χ1) is 14.5. The molecule has 2 heterocycles. The number of para-hydroxylation sites is 2. The van der Waals surface area contributed by atoms with Gasteiger partial charge >= 0.3 is 5.63 Å². The summed E-state index contributed by atoms with van der Waals surface area (Å²) in [6.45, 7) is 2.25. The van der Waals surface area contributed by atoms with Gasteiger partial charge in [-0.15, -0.1) is 0 Å². The molecule has 1 fully saturated rings. The van der Waals surface area contributed by atoms with Gasteiger partial charge in [-0.05, 0) is 61.8 Å². The first-order valence-corrected chi connectivity index (χ1v) is 10.7. The van der Waals surface area contributed by atoms with Crippen LogP contribution in [-0.4, -0.2) is 31.0 Å². The van der Waals surface area contributed by atoms with Gasteiger partial charge in [-0.3, -0.25) is 9.69 Å². The molecule has 0 radical (unpaired) electrons. The Balaban J connectivity index is 1.40. The number of hydrogen-bond acceptors (Lipinski definition) is 5. The van der Waals surface area contributed by atoms with E-state index >= 15 is 0 Å². The normalized spacial score (nSPS) is 15.3. The van der Waals surface area contributed by atoms with Gasteiger partial charge in [0.15, 0.2) is 0 Å². The van der Waals surface area contributed by atoms with E-state index in [1.54, 1.807) is 13.2 Å². The highest BCUT2D eigenvalue weighted by Gasteiger charge is 2.26. The first-order valence-electron chi connectivity index (χ1n) is 9.92. The van der Waals surface area contributed by atoms with Crippen LogP contribution in [0.3, 0.4) is 0 Å². The van der Waals surface area contributed by atoms with E-state index in [2.05, 4.69) is 26.1 Å². The summed E-state index contributed by atoms with van der Waals surface area (Å²) in [4.78, 5) is 27.0. The molecule has 2 aromatic carbocycles. The second kappa shape index (κ2) is 9.02. The van der Waals surface area contributed by atoms with E-state index in [0.29, 0.717) is 23.6 Å². The van der Waals surface area contributed by atoms with Crippen molar-refractivity contribution in [2.45, 2.75) is 19.4 Å². The third-order valence-electron chi connectivity index (χ3n) is 5.51. The van der Waals surface area contributed by atoms with E-state index < -0.39 is 0 Å². The van der Waals surface area contributed by atoms with Crippen LogP contribution in [0.15, 0.2) is 62.2 Å². The molecule has 1 amide bonds. The number of methoxy groups -OCH3 is 1. The van der Waals surface area contributed by atoms with Gasteiger partial charge in [0.2, 0.25) is 5.91 Å². The summed E-state index contributed by atoms with van der Waals surface area (Å²) < 4.78 is 11.5. The molecule has 4 rings (SSSR count). The topological polar surface area (TPSA) is 71.8 Å². The number of carbonyl (C=O) groups is 1. The van der Waals surface area contributed by atoms with Crippen LogP contribution in [0.2, 0.25) is 0 Å². The first kappa shape index (κ1) is 20.6.